The first-order chi connectivity index (χ1) is 15.6. The molecular formula is C24H29N7O. The van der Waals surface area contributed by atoms with Gasteiger partial charge < -0.3 is 11.1 Å². The van der Waals surface area contributed by atoms with Gasteiger partial charge in [0.2, 0.25) is 11.9 Å². The number of hydrogen-bond donors (Lipinski definition) is 2. The molecule has 1 amide bonds. The smallest absolute Gasteiger partial charge is 0.223 e. The molecule has 3 aromatic rings. The van der Waals surface area contributed by atoms with E-state index in [-0.39, 0.29) is 12.3 Å². The number of anilines is 1. The van der Waals surface area contributed by atoms with Gasteiger partial charge in [-0.3, -0.25) is 14.4 Å². The molecule has 8 nitrogen and oxygen atoms in total. The van der Waals surface area contributed by atoms with Crippen LogP contribution in [0.25, 0.3) is 11.4 Å². The standard InChI is InChI=1S/C24H29N7O/c1-30-23-19(20(29-30)13-21(25)32)8-7-17-14-26-24(28-22(17)23)27-18-9-11-31(12-10-18)15-16-5-3-2-4-6-16/h2-6,14,18H,7-13,15H2,1H3,(H2,25,32)(H,26,27,28). The summed E-state index contributed by atoms with van der Waals surface area (Å²) in [5.41, 5.74) is 11.6. The first kappa shape index (κ1) is 20.6. The second-order valence-electron chi connectivity index (χ2n) is 8.79. The number of nitrogens with zero attached hydrogens (tertiary/aromatic N) is 5. The van der Waals surface area contributed by atoms with E-state index in [2.05, 4.69) is 50.6 Å². The molecule has 1 aromatic carbocycles. The molecule has 3 N–H and O–H groups in total. The van der Waals surface area contributed by atoms with Gasteiger partial charge in [-0.25, -0.2) is 9.97 Å². The van der Waals surface area contributed by atoms with Crippen LogP contribution in [0.2, 0.25) is 0 Å². The predicted octanol–water partition coefficient (Wildman–Crippen LogP) is 2.08. The lowest BCUT2D eigenvalue weighted by atomic mass is 9.92. The van der Waals surface area contributed by atoms with E-state index in [1.54, 1.807) is 0 Å². The highest BCUT2D eigenvalue weighted by Gasteiger charge is 2.27. The van der Waals surface area contributed by atoms with Crippen LogP contribution in [-0.2, 0) is 37.6 Å². The zero-order valence-corrected chi connectivity index (χ0v) is 18.4. The molecule has 0 radical (unpaired) electrons. The highest BCUT2D eigenvalue weighted by atomic mass is 16.1. The number of nitrogens with one attached hydrogen (secondary N) is 1. The van der Waals surface area contributed by atoms with Crippen LogP contribution in [0, 0.1) is 0 Å². The van der Waals surface area contributed by atoms with Crippen LogP contribution in [0.15, 0.2) is 36.5 Å². The second kappa shape index (κ2) is 8.70. The van der Waals surface area contributed by atoms with Crippen LogP contribution in [-0.4, -0.2) is 49.7 Å². The van der Waals surface area contributed by atoms with E-state index >= 15 is 0 Å². The van der Waals surface area contributed by atoms with Crippen LogP contribution in [0.4, 0.5) is 5.95 Å². The maximum Gasteiger partial charge on any atom is 0.223 e. The molecule has 0 saturated carbocycles. The highest BCUT2D eigenvalue weighted by molar-refractivity contribution is 5.78. The van der Waals surface area contributed by atoms with Crippen LogP contribution in [0.5, 0.6) is 0 Å². The number of carbonyl (C=O) groups excluding carboxylic acids is 1. The third-order valence-corrected chi connectivity index (χ3v) is 6.47. The summed E-state index contributed by atoms with van der Waals surface area (Å²) in [7, 11) is 1.90. The fourth-order valence-corrected chi connectivity index (χ4v) is 4.87. The number of hydrogen-bond acceptors (Lipinski definition) is 6. The number of primary amides is 1. The number of piperidine rings is 1. The Morgan fingerprint density at radius 1 is 1.19 bits per heavy atom. The van der Waals surface area contributed by atoms with Crippen molar-refractivity contribution in [3.8, 4) is 11.4 Å². The molecule has 1 fully saturated rings. The summed E-state index contributed by atoms with van der Waals surface area (Å²) in [4.78, 5) is 23.4. The maximum absolute atomic E-state index is 11.4. The van der Waals surface area contributed by atoms with Crippen LogP contribution >= 0.6 is 0 Å². The van der Waals surface area contributed by atoms with Crippen molar-refractivity contribution in [2.45, 2.75) is 44.7 Å². The van der Waals surface area contributed by atoms with Crippen molar-refractivity contribution in [3.05, 3.63) is 58.9 Å². The topological polar surface area (TPSA) is 102 Å². The Balaban J connectivity index is 1.27. The lowest BCUT2D eigenvalue weighted by molar-refractivity contribution is -0.117. The molecule has 5 rings (SSSR count). The molecule has 32 heavy (non-hydrogen) atoms. The quantitative estimate of drug-likeness (QED) is 0.620. The van der Waals surface area contributed by atoms with Gasteiger partial charge in [0.15, 0.2) is 0 Å². The minimum absolute atomic E-state index is 0.163. The number of carbonyl (C=O) groups is 1. The number of amides is 1. The normalized spacial score (nSPS) is 16.4. The number of rotatable bonds is 6. The lowest BCUT2D eigenvalue weighted by Gasteiger charge is -2.32. The number of nitrogens with two attached hydrogens (primary N) is 1. The molecule has 8 heteroatoms. The molecule has 2 aliphatic rings. The second-order valence-corrected chi connectivity index (χ2v) is 8.79. The third kappa shape index (κ3) is 4.23. The average Bonchev–Trinajstić information content (AvgIpc) is 3.11. The van der Waals surface area contributed by atoms with Gasteiger partial charge in [0.25, 0.3) is 0 Å². The molecule has 1 aliphatic heterocycles. The van der Waals surface area contributed by atoms with Crippen molar-refractivity contribution in [2.24, 2.45) is 12.8 Å². The van der Waals surface area contributed by atoms with E-state index in [1.807, 2.05) is 17.9 Å². The molecule has 1 saturated heterocycles. The molecule has 0 unspecified atom stereocenters. The maximum atomic E-state index is 11.4. The van der Waals surface area contributed by atoms with E-state index in [0.717, 1.165) is 73.5 Å². The minimum Gasteiger partial charge on any atom is -0.369 e. The molecule has 0 atom stereocenters. The molecule has 166 valence electrons. The minimum atomic E-state index is -0.361. The summed E-state index contributed by atoms with van der Waals surface area (Å²) < 4.78 is 1.82. The van der Waals surface area contributed by atoms with Crippen molar-refractivity contribution in [1.82, 2.24) is 24.6 Å². The molecule has 3 heterocycles. The number of aryl methyl sites for hydroxylation is 2. The van der Waals surface area contributed by atoms with E-state index in [4.69, 9.17) is 10.7 Å². The molecular weight excluding hydrogens is 402 g/mol. The van der Waals surface area contributed by atoms with Gasteiger partial charge in [-0.05, 0) is 36.8 Å². The van der Waals surface area contributed by atoms with Gasteiger partial charge in [-0.15, -0.1) is 0 Å². The fraction of sp³-hybridized carbons (Fsp3) is 0.417. The highest BCUT2D eigenvalue weighted by Crippen LogP contribution is 2.34. The Hall–Kier alpha value is -3.26. The molecule has 0 spiro atoms. The summed E-state index contributed by atoms with van der Waals surface area (Å²) in [6.07, 6.45) is 5.89. The number of benzene rings is 1. The van der Waals surface area contributed by atoms with Crippen molar-refractivity contribution < 1.29 is 4.79 Å². The van der Waals surface area contributed by atoms with Crippen LogP contribution < -0.4 is 11.1 Å². The largest absolute Gasteiger partial charge is 0.369 e. The monoisotopic (exact) mass is 431 g/mol. The van der Waals surface area contributed by atoms with Gasteiger partial charge in [-0.2, -0.15) is 5.10 Å². The zero-order valence-electron chi connectivity index (χ0n) is 18.4. The van der Waals surface area contributed by atoms with Crippen LogP contribution in [0.1, 0.15) is 35.2 Å². The van der Waals surface area contributed by atoms with Gasteiger partial charge in [0.05, 0.1) is 23.5 Å². The molecule has 1 aliphatic carbocycles. The number of aromatic nitrogens is 4. The molecule has 0 bridgehead atoms. The summed E-state index contributed by atoms with van der Waals surface area (Å²) in [5, 5.41) is 8.10. The van der Waals surface area contributed by atoms with Crippen LogP contribution in [0.3, 0.4) is 0 Å². The molecule has 2 aromatic heterocycles. The van der Waals surface area contributed by atoms with Crippen molar-refractivity contribution in [3.63, 3.8) is 0 Å². The zero-order chi connectivity index (χ0) is 22.1. The summed E-state index contributed by atoms with van der Waals surface area (Å²) >= 11 is 0. The van der Waals surface area contributed by atoms with E-state index < -0.39 is 0 Å². The first-order valence-electron chi connectivity index (χ1n) is 11.3. The van der Waals surface area contributed by atoms with Crippen molar-refractivity contribution in [1.29, 1.82) is 0 Å². The van der Waals surface area contributed by atoms with Gasteiger partial charge in [0, 0.05) is 44.5 Å². The van der Waals surface area contributed by atoms with E-state index in [9.17, 15) is 4.79 Å². The lowest BCUT2D eigenvalue weighted by Crippen LogP contribution is -2.39. The summed E-state index contributed by atoms with van der Waals surface area (Å²) in [6, 6.07) is 11.0. The van der Waals surface area contributed by atoms with Gasteiger partial charge >= 0.3 is 0 Å². The number of fused-ring (bicyclic) bond motifs is 3. The predicted molar refractivity (Wildman–Crippen MR) is 123 cm³/mol. The SMILES string of the molecule is Cn1nc(CC(N)=O)c2c1-c1nc(NC3CCN(Cc4ccccc4)CC3)ncc1CC2. The van der Waals surface area contributed by atoms with Crippen molar-refractivity contribution in [2.75, 3.05) is 18.4 Å². The van der Waals surface area contributed by atoms with E-state index in [0.29, 0.717) is 12.0 Å². The average molecular weight is 432 g/mol. The number of likely N-dealkylation sites (tertiary alicyclic amines) is 1. The van der Waals surface area contributed by atoms with Crippen molar-refractivity contribution >= 4 is 11.9 Å². The van der Waals surface area contributed by atoms with E-state index in [1.165, 1.54) is 5.56 Å². The van der Waals surface area contributed by atoms with Gasteiger partial charge in [-0.1, -0.05) is 30.3 Å². The van der Waals surface area contributed by atoms with Gasteiger partial charge in [0.1, 0.15) is 0 Å². The fourth-order valence-electron chi connectivity index (χ4n) is 4.87. The Bertz CT molecular complexity index is 1120. The first-order valence-corrected chi connectivity index (χ1v) is 11.3. The summed E-state index contributed by atoms with van der Waals surface area (Å²) in [6.45, 7) is 3.11. The Morgan fingerprint density at radius 3 is 2.72 bits per heavy atom. The Kier molecular flexibility index (Phi) is 5.61. The Morgan fingerprint density at radius 2 is 1.97 bits per heavy atom. The third-order valence-electron chi connectivity index (χ3n) is 6.47. The Labute approximate surface area is 187 Å². The summed E-state index contributed by atoms with van der Waals surface area (Å²) in [5.74, 6) is 0.302.